The van der Waals surface area contributed by atoms with Gasteiger partial charge in [0.1, 0.15) is 5.65 Å². The van der Waals surface area contributed by atoms with Gasteiger partial charge in [-0.15, -0.1) is 0 Å². The summed E-state index contributed by atoms with van der Waals surface area (Å²) in [6.45, 7) is 1.89. The molecule has 1 aromatic carbocycles. The molecule has 0 aliphatic heterocycles. The van der Waals surface area contributed by atoms with E-state index < -0.39 is 5.97 Å². The summed E-state index contributed by atoms with van der Waals surface area (Å²) < 4.78 is 6.52. The van der Waals surface area contributed by atoms with Crippen molar-refractivity contribution in [2.24, 2.45) is 0 Å². The number of amides is 1. The Bertz CT molecular complexity index is 899. The zero-order valence-corrected chi connectivity index (χ0v) is 12.7. The largest absolute Gasteiger partial charge is 0.465 e. The number of fused-ring (bicyclic) bond motifs is 1. The monoisotopic (exact) mass is 309 g/mol. The average molecular weight is 309 g/mol. The molecule has 2 heterocycles. The van der Waals surface area contributed by atoms with Crippen molar-refractivity contribution in [2.75, 3.05) is 12.4 Å². The van der Waals surface area contributed by atoms with Gasteiger partial charge in [-0.1, -0.05) is 6.07 Å². The van der Waals surface area contributed by atoms with Gasteiger partial charge in [-0.3, -0.25) is 4.79 Å². The summed E-state index contributed by atoms with van der Waals surface area (Å²) in [5, 5.41) is 2.77. The lowest BCUT2D eigenvalue weighted by molar-refractivity contribution is 0.0600. The summed E-state index contributed by atoms with van der Waals surface area (Å²) in [7, 11) is 1.31. The van der Waals surface area contributed by atoms with Crippen molar-refractivity contribution in [1.82, 2.24) is 9.38 Å². The fourth-order valence-electron chi connectivity index (χ4n) is 2.29. The van der Waals surface area contributed by atoms with Crippen molar-refractivity contribution in [1.29, 1.82) is 0 Å². The number of aromatic nitrogens is 2. The summed E-state index contributed by atoms with van der Waals surface area (Å²) in [5.41, 5.74) is 2.99. The Morgan fingerprint density at radius 1 is 1.17 bits per heavy atom. The van der Waals surface area contributed by atoms with Crippen molar-refractivity contribution in [3.8, 4) is 0 Å². The number of carbonyl (C=O) groups is 2. The highest BCUT2D eigenvalue weighted by molar-refractivity contribution is 6.05. The highest BCUT2D eigenvalue weighted by Gasteiger charge is 2.10. The molecular formula is C17H15N3O3. The van der Waals surface area contributed by atoms with E-state index in [0.29, 0.717) is 22.5 Å². The zero-order valence-electron chi connectivity index (χ0n) is 12.7. The van der Waals surface area contributed by atoms with Gasteiger partial charge >= 0.3 is 5.97 Å². The molecule has 23 heavy (non-hydrogen) atoms. The second-order valence-electron chi connectivity index (χ2n) is 5.09. The maximum atomic E-state index is 12.4. The summed E-state index contributed by atoms with van der Waals surface area (Å²) >= 11 is 0. The molecule has 0 aliphatic carbocycles. The number of rotatable bonds is 3. The van der Waals surface area contributed by atoms with Crippen LogP contribution in [0.15, 0.2) is 48.8 Å². The third-order valence-electron chi connectivity index (χ3n) is 3.38. The third kappa shape index (κ3) is 3.06. The van der Waals surface area contributed by atoms with Crippen molar-refractivity contribution < 1.29 is 14.3 Å². The molecule has 3 aromatic rings. The Balaban J connectivity index is 1.84. The van der Waals surface area contributed by atoms with E-state index in [1.54, 1.807) is 42.6 Å². The van der Waals surface area contributed by atoms with Crippen LogP contribution in [0.25, 0.3) is 5.65 Å². The second kappa shape index (κ2) is 5.92. The van der Waals surface area contributed by atoms with E-state index in [-0.39, 0.29) is 5.91 Å². The number of pyridine rings is 1. The molecule has 1 amide bonds. The number of aryl methyl sites for hydroxylation is 1. The molecule has 0 saturated heterocycles. The van der Waals surface area contributed by atoms with Crippen LogP contribution in [-0.4, -0.2) is 28.4 Å². The van der Waals surface area contributed by atoms with Gasteiger partial charge in [0.25, 0.3) is 5.91 Å². The predicted octanol–water partition coefficient (Wildman–Crippen LogP) is 2.68. The number of nitrogens with one attached hydrogen (secondary N) is 1. The van der Waals surface area contributed by atoms with E-state index in [2.05, 4.69) is 15.0 Å². The molecule has 2 aromatic heterocycles. The molecule has 6 nitrogen and oxygen atoms in total. The van der Waals surface area contributed by atoms with E-state index in [1.807, 2.05) is 17.5 Å². The van der Waals surface area contributed by atoms with Crippen molar-refractivity contribution in [2.45, 2.75) is 6.92 Å². The van der Waals surface area contributed by atoms with Gasteiger partial charge in [0, 0.05) is 23.6 Å². The Hall–Kier alpha value is -3.15. The molecule has 0 atom stereocenters. The van der Waals surface area contributed by atoms with Crippen LogP contribution in [0.5, 0.6) is 0 Å². The summed E-state index contributed by atoms with van der Waals surface area (Å²) in [6.07, 6.45) is 3.67. The number of imidazole rings is 1. The van der Waals surface area contributed by atoms with Gasteiger partial charge < -0.3 is 14.5 Å². The fourth-order valence-corrected chi connectivity index (χ4v) is 2.29. The van der Waals surface area contributed by atoms with Crippen LogP contribution in [-0.2, 0) is 4.74 Å². The molecule has 0 fully saturated rings. The number of anilines is 1. The number of nitrogens with zero attached hydrogens (tertiary/aromatic N) is 2. The normalized spacial score (nSPS) is 10.5. The van der Waals surface area contributed by atoms with Crippen LogP contribution in [0.2, 0.25) is 0 Å². The van der Waals surface area contributed by atoms with E-state index in [1.165, 1.54) is 7.11 Å². The molecule has 0 spiro atoms. The zero-order chi connectivity index (χ0) is 16.4. The molecule has 0 bridgehead atoms. The quantitative estimate of drug-likeness (QED) is 0.755. The Morgan fingerprint density at radius 3 is 2.78 bits per heavy atom. The number of esters is 1. The second-order valence-corrected chi connectivity index (χ2v) is 5.09. The van der Waals surface area contributed by atoms with E-state index >= 15 is 0 Å². The number of carbonyl (C=O) groups excluding carboxylic acids is 2. The number of hydrogen-bond acceptors (Lipinski definition) is 4. The number of methoxy groups -OCH3 is 1. The summed E-state index contributed by atoms with van der Waals surface area (Å²) in [6, 6.07) is 10.0. The minimum absolute atomic E-state index is 0.268. The Labute approximate surface area is 132 Å². The van der Waals surface area contributed by atoms with Gasteiger partial charge in [0.05, 0.1) is 18.4 Å². The molecule has 3 rings (SSSR count). The molecule has 0 unspecified atom stereocenters. The smallest absolute Gasteiger partial charge is 0.337 e. The van der Waals surface area contributed by atoms with Crippen LogP contribution in [0, 0.1) is 6.92 Å². The van der Waals surface area contributed by atoms with Gasteiger partial charge in [-0.2, -0.15) is 0 Å². The van der Waals surface area contributed by atoms with Gasteiger partial charge in [0.15, 0.2) is 0 Å². The summed E-state index contributed by atoms with van der Waals surface area (Å²) in [5.74, 6) is -0.717. The van der Waals surface area contributed by atoms with Crippen molar-refractivity contribution >= 4 is 23.2 Å². The minimum Gasteiger partial charge on any atom is -0.465 e. The maximum Gasteiger partial charge on any atom is 0.337 e. The summed E-state index contributed by atoms with van der Waals surface area (Å²) in [4.78, 5) is 28.2. The maximum absolute atomic E-state index is 12.4. The molecule has 0 radical (unpaired) electrons. The van der Waals surface area contributed by atoms with E-state index in [0.717, 1.165) is 5.69 Å². The first-order chi connectivity index (χ1) is 11.1. The number of benzene rings is 1. The van der Waals surface area contributed by atoms with Gasteiger partial charge in [0.2, 0.25) is 0 Å². The van der Waals surface area contributed by atoms with Crippen molar-refractivity contribution in [3.63, 3.8) is 0 Å². The first-order valence-corrected chi connectivity index (χ1v) is 7.02. The molecule has 6 heteroatoms. The lowest BCUT2D eigenvalue weighted by atomic mass is 10.2. The first-order valence-electron chi connectivity index (χ1n) is 7.02. The van der Waals surface area contributed by atoms with Crippen molar-refractivity contribution in [3.05, 3.63) is 65.6 Å². The van der Waals surface area contributed by atoms with Crippen LogP contribution < -0.4 is 5.32 Å². The van der Waals surface area contributed by atoms with Gasteiger partial charge in [-0.05, 0) is 37.3 Å². The minimum atomic E-state index is -0.449. The molecule has 0 saturated carbocycles. The number of ether oxygens (including phenoxy) is 1. The lowest BCUT2D eigenvalue weighted by Crippen LogP contribution is -2.13. The SMILES string of the molecule is COC(=O)c1cccc(NC(=O)c2ccn3cc(C)nc3c2)c1. The van der Waals surface area contributed by atoms with Crippen LogP contribution in [0.4, 0.5) is 5.69 Å². The molecule has 116 valence electrons. The lowest BCUT2D eigenvalue weighted by Gasteiger charge is -2.07. The topological polar surface area (TPSA) is 72.7 Å². The number of hydrogen-bond donors (Lipinski definition) is 1. The first kappa shape index (κ1) is 14.8. The van der Waals surface area contributed by atoms with E-state index in [9.17, 15) is 9.59 Å². The van der Waals surface area contributed by atoms with E-state index in [4.69, 9.17) is 0 Å². The highest BCUT2D eigenvalue weighted by atomic mass is 16.5. The fraction of sp³-hybridized carbons (Fsp3) is 0.118. The Morgan fingerprint density at radius 2 is 2.00 bits per heavy atom. The standard InChI is InChI=1S/C17H15N3O3/c1-11-10-20-7-6-12(9-15(20)18-11)16(21)19-14-5-3-4-13(8-14)17(22)23-2/h3-10H,1-2H3,(H,19,21). The van der Waals surface area contributed by atoms with Gasteiger partial charge in [-0.25, -0.2) is 9.78 Å². The van der Waals surface area contributed by atoms with Crippen LogP contribution in [0.3, 0.4) is 0 Å². The third-order valence-corrected chi connectivity index (χ3v) is 3.38. The molecular weight excluding hydrogens is 294 g/mol. The average Bonchev–Trinajstić information content (AvgIpc) is 2.93. The molecule has 1 N–H and O–H groups in total. The Kier molecular flexibility index (Phi) is 3.80. The van der Waals surface area contributed by atoms with Crippen LogP contribution in [0.1, 0.15) is 26.4 Å². The molecule has 0 aliphatic rings. The van der Waals surface area contributed by atoms with Crippen LogP contribution >= 0.6 is 0 Å². The predicted molar refractivity (Wildman–Crippen MR) is 85.7 cm³/mol. The highest BCUT2D eigenvalue weighted by Crippen LogP contribution is 2.14.